The van der Waals surface area contributed by atoms with Crippen molar-refractivity contribution in [2.24, 2.45) is 0 Å². The van der Waals surface area contributed by atoms with Crippen LogP contribution in [-0.2, 0) is 0 Å². The van der Waals surface area contributed by atoms with E-state index in [-0.39, 0.29) is 0 Å². The molecule has 1 aromatic heterocycles. The summed E-state index contributed by atoms with van der Waals surface area (Å²) in [4.78, 5) is 7.53. The summed E-state index contributed by atoms with van der Waals surface area (Å²) >= 11 is 6.00. The van der Waals surface area contributed by atoms with E-state index in [2.05, 4.69) is 9.83 Å². The number of pyridine rings is 1. The molecule has 0 atom stereocenters. The van der Waals surface area contributed by atoms with Crippen molar-refractivity contribution in [2.45, 2.75) is 0 Å². The van der Waals surface area contributed by atoms with E-state index in [4.69, 9.17) is 22.9 Å². The van der Waals surface area contributed by atoms with Crippen molar-refractivity contribution in [3.8, 4) is 5.75 Å². The molecule has 1 heterocycles. The van der Waals surface area contributed by atoms with Gasteiger partial charge in [0.15, 0.2) is 0 Å². The maximum absolute atomic E-state index is 7.02. The van der Waals surface area contributed by atoms with Crippen molar-refractivity contribution < 1.29 is 4.74 Å². The van der Waals surface area contributed by atoms with Crippen molar-refractivity contribution in [1.82, 2.24) is 4.98 Å². The first-order valence-electron chi connectivity index (χ1n) is 4.26. The minimum atomic E-state index is 0.444. The Morgan fingerprint density at radius 1 is 1.47 bits per heavy atom. The first-order valence-corrected chi connectivity index (χ1v) is 4.64. The SMILES string of the molecule is [C-]#[N+]c1cc2c(Cl)ccnc2cc1OC. The number of hydrogen-bond acceptors (Lipinski definition) is 2. The zero-order valence-corrected chi connectivity index (χ0v) is 8.75. The summed E-state index contributed by atoms with van der Waals surface area (Å²) in [6, 6.07) is 5.11. The molecule has 0 aliphatic heterocycles. The lowest BCUT2D eigenvalue weighted by atomic mass is 10.2. The van der Waals surface area contributed by atoms with Crippen LogP contribution in [0.3, 0.4) is 0 Å². The molecule has 0 N–H and O–H groups in total. The van der Waals surface area contributed by atoms with Crippen LogP contribution >= 0.6 is 11.6 Å². The molecule has 74 valence electrons. The van der Waals surface area contributed by atoms with E-state index in [1.54, 1.807) is 24.4 Å². The first kappa shape index (κ1) is 9.75. The third-order valence-corrected chi connectivity index (χ3v) is 2.44. The number of nitrogens with zero attached hydrogens (tertiary/aromatic N) is 2. The summed E-state index contributed by atoms with van der Waals surface area (Å²) in [7, 11) is 1.53. The van der Waals surface area contributed by atoms with Crippen LogP contribution in [-0.4, -0.2) is 12.1 Å². The van der Waals surface area contributed by atoms with Gasteiger partial charge in [-0.1, -0.05) is 11.6 Å². The van der Waals surface area contributed by atoms with Crippen molar-refractivity contribution in [1.29, 1.82) is 0 Å². The second-order valence-electron chi connectivity index (χ2n) is 2.95. The normalized spacial score (nSPS) is 9.93. The van der Waals surface area contributed by atoms with Gasteiger partial charge in [-0.2, -0.15) is 0 Å². The van der Waals surface area contributed by atoms with E-state index in [9.17, 15) is 0 Å². The topological polar surface area (TPSA) is 26.5 Å². The highest BCUT2D eigenvalue weighted by Crippen LogP contribution is 2.34. The van der Waals surface area contributed by atoms with E-state index < -0.39 is 0 Å². The molecular weight excluding hydrogens is 212 g/mol. The van der Waals surface area contributed by atoms with Gasteiger partial charge in [-0.25, -0.2) is 4.85 Å². The van der Waals surface area contributed by atoms with Crippen LogP contribution in [0.4, 0.5) is 5.69 Å². The van der Waals surface area contributed by atoms with Crippen molar-refractivity contribution in [3.05, 3.63) is 40.8 Å². The van der Waals surface area contributed by atoms with Gasteiger partial charge in [0.25, 0.3) is 0 Å². The number of benzene rings is 1. The Morgan fingerprint density at radius 2 is 2.27 bits per heavy atom. The summed E-state index contributed by atoms with van der Waals surface area (Å²) in [6.45, 7) is 7.02. The monoisotopic (exact) mass is 218 g/mol. The summed E-state index contributed by atoms with van der Waals surface area (Å²) in [6.07, 6.45) is 1.63. The van der Waals surface area contributed by atoms with Gasteiger partial charge in [0.05, 0.1) is 24.2 Å². The molecule has 0 saturated carbocycles. The van der Waals surface area contributed by atoms with Gasteiger partial charge in [0, 0.05) is 11.6 Å². The predicted molar refractivity (Wildman–Crippen MR) is 59.6 cm³/mol. The van der Waals surface area contributed by atoms with Crippen LogP contribution in [0.1, 0.15) is 0 Å². The van der Waals surface area contributed by atoms with E-state index in [1.807, 2.05) is 0 Å². The molecule has 0 fully saturated rings. The summed E-state index contributed by atoms with van der Waals surface area (Å²) in [5, 5.41) is 1.36. The highest BCUT2D eigenvalue weighted by atomic mass is 35.5. The highest BCUT2D eigenvalue weighted by molar-refractivity contribution is 6.35. The van der Waals surface area contributed by atoms with Gasteiger partial charge in [0.1, 0.15) is 5.75 Å². The Labute approximate surface area is 92.1 Å². The third-order valence-electron chi connectivity index (χ3n) is 2.11. The molecular formula is C11H7ClN2O. The number of methoxy groups -OCH3 is 1. The molecule has 2 aromatic rings. The van der Waals surface area contributed by atoms with Crippen LogP contribution in [0, 0.1) is 6.57 Å². The molecule has 4 heteroatoms. The molecule has 1 aromatic carbocycles. The molecule has 0 radical (unpaired) electrons. The zero-order chi connectivity index (χ0) is 10.8. The molecule has 0 aliphatic carbocycles. The Bertz CT molecular complexity index is 560. The first-order chi connectivity index (χ1) is 7.26. The van der Waals surface area contributed by atoms with Gasteiger partial charge in [-0.3, -0.25) is 4.98 Å². The fraction of sp³-hybridized carbons (Fsp3) is 0.0909. The smallest absolute Gasteiger partial charge is 0.228 e. The van der Waals surface area contributed by atoms with Gasteiger partial charge in [-0.05, 0) is 18.2 Å². The van der Waals surface area contributed by atoms with Gasteiger partial charge < -0.3 is 4.74 Å². The van der Waals surface area contributed by atoms with Crippen LogP contribution in [0.15, 0.2) is 24.4 Å². The molecule has 0 spiro atoms. The molecule has 0 bridgehead atoms. The standard InChI is InChI=1S/C11H7ClN2O/c1-13-10-5-7-8(12)3-4-14-9(7)6-11(10)15-2/h3-6H,2H3. The lowest BCUT2D eigenvalue weighted by molar-refractivity contribution is 0.418. The molecule has 3 nitrogen and oxygen atoms in total. The van der Waals surface area contributed by atoms with Crippen molar-refractivity contribution in [3.63, 3.8) is 0 Å². The molecule has 15 heavy (non-hydrogen) atoms. The predicted octanol–water partition coefficient (Wildman–Crippen LogP) is 3.45. The number of fused-ring (bicyclic) bond motifs is 1. The van der Waals surface area contributed by atoms with E-state index in [0.717, 1.165) is 10.9 Å². The lowest BCUT2D eigenvalue weighted by Crippen LogP contribution is -1.85. The molecule has 2 rings (SSSR count). The second kappa shape index (κ2) is 3.76. The summed E-state index contributed by atoms with van der Waals surface area (Å²) < 4.78 is 5.09. The quantitative estimate of drug-likeness (QED) is 0.686. The molecule has 0 unspecified atom stereocenters. The minimum Gasteiger partial charge on any atom is -0.508 e. The summed E-state index contributed by atoms with van der Waals surface area (Å²) in [5.41, 5.74) is 1.17. The zero-order valence-electron chi connectivity index (χ0n) is 7.99. The maximum Gasteiger partial charge on any atom is 0.228 e. The van der Waals surface area contributed by atoms with Crippen molar-refractivity contribution >= 4 is 28.2 Å². The third kappa shape index (κ3) is 1.60. The van der Waals surface area contributed by atoms with Crippen LogP contribution < -0.4 is 4.74 Å². The number of halogens is 1. The molecule has 0 saturated heterocycles. The second-order valence-corrected chi connectivity index (χ2v) is 3.35. The van der Waals surface area contributed by atoms with E-state index >= 15 is 0 Å². The number of ether oxygens (including phenoxy) is 1. The van der Waals surface area contributed by atoms with Crippen molar-refractivity contribution in [2.75, 3.05) is 7.11 Å². The lowest BCUT2D eigenvalue weighted by Gasteiger charge is -2.05. The highest BCUT2D eigenvalue weighted by Gasteiger charge is 2.07. The summed E-state index contributed by atoms with van der Waals surface area (Å²) in [5.74, 6) is 0.521. The fourth-order valence-electron chi connectivity index (χ4n) is 1.38. The largest absolute Gasteiger partial charge is 0.508 e. The Hall–Kier alpha value is -1.79. The van der Waals surface area contributed by atoms with Crippen LogP contribution in [0.2, 0.25) is 5.02 Å². The number of rotatable bonds is 1. The van der Waals surface area contributed by atoms with E-state index in [1.165, 1.54) is 7.11 Å². The number of aromatic nitrogens is 1. The van der Waals surface area contributed by atoms with Gasteiger partial charge in [-0.15, -0.1) is 0 Å². The maximum atomic E-state index is 7.02. The average Bonchev–Trinajstić information content (AvgIpc) is 2.28. The fourth-order valence-corrected chi connectivity index (χ4v) is 1.59. The molecule has 0 amide bonds. The van der Waals surface area contributed by atoms with Gasteiger partial charge in [0.2, 0.25) is 5.69 Å². The average molecular weight is 219 g/mol. The Balaban J connectivity index is 2.83. The van der Waals surface area contributed by atoms with E-state index in [0.29, 0.717) is 16.5 Å². The van der Waals surface area contributed by atoms with Crippen LogP contribution in [0.25, 0.3) is 15.7 Å². The number of hydrogen-bond donors (Lipinski definition) is 0. The molecule has 0 aliphatic rings. The minimum absolute atomic E-state index is 0.444. The Morgan fingerprint density at radius 3 is 2.93 bits per heavy atom. The van der Waals surface area contributed by atoms with Gasteiger partial charge >= 0.3 is 0 Å². The van der Waals surface area contributed by atoms with Crippen LogP contribution in [0.5, 0.6) is 5.75 Å². The Kier molecular flexibility index (Phi) is 2.44.